The maximum Gasteiger partial charge on any atom is 0.159 e. The first kappa shape index (κ1) is 13.5. The van der Waals surface area contributed by atoms with E-state index in [2.05, 4.69) is 27.3 Å². The molecule has 0 saturated heterocycles. The van der Waals surface area contributed by atoms with Gasteiger partial charge in [0, 0.05) is 25.9 Å². The Bertz CT molecular complexity index is 538. The smallest absolute Gasteiger partial charge is 0.159 e. The summed E-state index contributed by atoms with van der Waals surface area (Å²) in [6.07, 6.45) is 4.78. The summed E-state index contributed by atoms with van der Waals surface area (Å²) in [6.45, 7) is 5.37. The van der Waals surface area contributed by atoms with E-state index in [1.807, 2.05) is 19.2 Å². The third-order valence-corrected chi connectivity index (χ3v) is 2.53. The molecule has 102 valence electrons. The van der Waals surface area contributed by atoms with Gasteiger partial charge >= 0.3 is 0 Å². The summed E-state index contributed by atoms with van der Waals surface area (Å²) in [7, 11) is 1.63. The van der Waals surface area contributed by atoms with E-state index in [0.29, 0.717) is 12.4 Å². The van der Waals surface area contributed by atoms with Crippen molar-refractivity contribution in [2.24, 2.45) is 0 Å². The molecule has 1 N–H and O–H groups in total. The zero-order valence-electron chi connectivity index (χ0n) is 11.6. The van der Waals surface area contributed by atoms with Crippen LogP contribution in [-0.2, 0) is 11.3 Å². The summed E-state index contributed by atoms with van der Waals surface area (Å²) in [4.78, 5) is 8.84. The second-order valence-electron chi connectivity index (χ2n) is 4.35. The zero-order chi connectivity index (χ0) is 13.7. The van der Waals surface area contributed by atoms with Gasteiger partial charge in [0.25, 0.3) is 0 Å². The lowest BCUT2D eigenvalue weighted by atomic mass is 10.4. The number of aryl methyl sites for hydroxylation is 1. The summed E-state index contributed by atoms with van der Waals surface area (Å²) in [5.74, 6) is 2.19. The highest BCUT2D eigenvalue weighted by Gasteiger charge is 2.07. The zero-order valence-corrected chi connectivity index (χ0v) is 11.6. The molecule has 0 aromatic carbocycles. The van der Waals surface area contributed by atoms with Crippen molar-refractivity contribution in [3.05, 3.63) is 29.8 Å². The number of methoxy groups -OCH3 is 1. The van der Waals surface area contributed by atoms with Crippen LogP contribution in [0.2, 0.25) is 0 Å². The van der Waals surface area contributed by atoms with Gasteiger partial charge in [0.1, 0.15) is 12.4 Å². The van der Waals surface area contributed by atoms with E-state index >= 15 is 0 Å². The SMILES string of the molecule is CCCNc1cc(-n2cc(C)cn2)nc(COC)n1. The van der Waals surface area contributed by atoms with Gasteiger partial charge in [0.15, 0.2) is 11.6 Å². The highest BCUT2D eigenvalue weighted by atomic mass is 16.5. The molecule has 0 amide bonds. The van der Waals surface area contributed by atoms with Crippen LogP contribution in [0.3, 0.4) is 0 Å². The lowest BCUT2D eigenvalue weighted by molar-refractivity contribution is 0.178. The quantitative estimate of drug-likeness (QED) is 0.861. The predicted molar refractivity (Wildman–Crippen MR) is 73.4 cm³/mol. The Morgan fingerprint density at radius 3 is 2.84 bits per heavy atom. The number of nitrogens with one attached hydrogen (secondary N) is 1. The second-order valence-corrected chi connectivity index (χ2v) is 4.35. The first-order chi connectivity index (χ1) is 9.22. The van der Waals surface area contributed by atoms with Crippen molar-refractivity contribution in [1.82, 2.24) is 19.7 Å². The van der Waals surface area contributed by atoms with Crippen LogP contribution in [-0.4, -0.2) is 33.4 Å². The molecular formula is C13H19N5O. The monoisotopic (exact) mass is 261 g/mol. The first-order valence-electron chi connectivity index (χ1n) is 6.35. The lowest BCUT2D eigenvalue weighted by Crippen LogP contribution is -2.09. The highest BCUT2D eigenvalue weighted by Crippen LogP contribution is 2.12. The van der Waals surface area contributed by atoms with Crippen LogP contribution in [0.5, 0.6) is 0 Å². The van der Waals surface area contributed by atoms with Gasteiger partial charge in [-0.25, -0.2) is 14.6 Å². The molecule has 0 aliphatic carbocycles. The number of nitrogens with zero attached hydrogens (tertiary/aromatic N) is 4. The molecule has 0 atom stereocenters. The molecular weight excluding hydrogens is 242 g/mol. The molecule has 0 radical (unpaired) electrons. The summed E-state index contributed by atoms with van der Waals surface area (Å²) in [6, 6.07) is 1.89. The summed E-state index contributed by atoms with van der Waals surface area (Å²) >= 11 is 0. The Morgan fingerprint density at radius 1 is 1.37 bits per heavy atom. The van der Waals surface area contributed by atoms with Gasteiger partial charge < -0.3 is 10.1 Å². The molecule has 2 heterocycles. The summed E-state index contributed by atoms with van der Waals surface area (Å²) < 4.78 is 6.84. The van der Waals surface area contributed by atoms with Crippen molar-refractivity contribution in [3.8, 4) is 5.82 Å². The fraction of sp³-hybridized carbons (Fsp3) is 0.462. The largest absolute Gasteiger partial charge is 0.377 e. The highest BCUT2D eigenvalue weighted by molar-refractivity contribution is 5.41. The van der Waals surface area contributed by atoms with Crippen LogP contribution in [0.25, 0.3) is 5.82 Å². The van der Waals surface area contributed by atoms with Gasteiger partial charge in [-0.1, -0.05) is 6.92 Å². The normalized spacial score (nSPS) is 10.7. The molecule has 0 saturated carbocycles. The minimum absolute atomic E-state index is 0.384. The van der Waals surface area contributed by atoms with Crippen LogP contribution in [0, 0.1) is 6.92 Å². The van der Waals surface area contributed by atoms with Crippen LogP contribution in [0.15, 0.2) is 18.5 Å². The molecule has 0 bridgehead atoms. The van der Waals surface area contributed by atoms with Crippen molar-refractivity contribution in [1.29, 1.82) is 0 Å². The minimum atomic E-state index is 0.384. The average Bonchev–Trinajstić information content (AvgIpc) is 2.83. The number of rotatable bonds is 6. The van der Waals surface area contributed by atoms with E-state index < -0.39 is 0 Å². The Labute approximate surface area is 112 Å². The first-order valence-corrected chi connectivity index (χ1v) is 6.35. The third kappa shape index (κ3) is 3.51. The van der Waals surface area contributed by atoms with Gasteiger partial charge in [0.05, 0.1) is 6.20 Å². The standard InChI is InChI=1S/C13H19N5O/c1-4-5-14-11-6-13(17-12(16-11)9-19-3)18-8-10(2)7-15-18/h6-8H,4-5,9H2,1-3H3,(H,14,16,17). The molecule has 0 unspecified atom stereocenters. The van der Waals surface area contributed by atoms with E-state index in [4.69, 9.17) is 4.74 Å². The maximum absolute atomic E-state index is 5.10. The third-order valence-electron chi connectivity index (χ3n) is 2.53. The minimum Gasteiger partial charge on any atom is -0.377 e. The van der Waals surface area contributed by atoms with Crippen LogP contribution in [0.1, 0.15) is 24.7 Å². The Hall–Kier alpha value is -1.95. The van der Waals surface area contributed by atoms with Crippen molar-refractivity contribution in [2.75, 3.05) is 19.0 Å². The van der Waals surface area contributed by atoms with Crippen LogP contribution in [0.4, 0.5) is 5.82 Å². The molecule has 19 heavy (non-hydrogen) atoms. The van der Waals surface area contributed by atoms with Gasteiger partial charge in [-0.15, -0.1) is 0 Å². The van der Waals surface area contributed by atoms with E-state index in [0.717, 1.165) is 30.2 Å². The van der Waals surface area contributed by atoms with E-state index in [1.54, 1.807) is 18.0 Å². The van der Waals surface area contributed by atoms with Crippen molar-refractivity contribution >= 4 is 5.82 Å². The molecule has 2 aromatic rings. The summed E-state index contributed by atoms with van der Waals surface area (Å²) in [5.41, 5.74) is 1.09. The van der Waals surface area contributed by atoms with E-state index in [-0.39, 0.29) is 0 Å². The topological polar surface area (TPSA) is 64.9 Å². The molecule has 0 aliphatic heterocycles. The molecule has 0 fully saturated rings. The number of anilines is 1. The van der Waals surface area contributed by atoms with Crippen LogP contribution >= 0.6 is 0 Å². The van der Waals surface area contributed by atoms with E-state index in [9.17, 15) is 0 Å². The average molecular weight is 261 g/mol. The van der Waals surface area contributed by atoms with Crippen molar-refractivity contribution in [2.45, 2.75) is 26.9 Å². The molecule has 0 aliphatic rings. The van der Waals surface area contributed by atoms with Crippen molar-refractivity contribution < 1.29 is 4.74 Å². The number of hydrogen-bond acceptors (Lipinski definition) is 5. The van der Waals surface area contributed by atoms with Crippen LogP contribution < -0.4 is 5.32 Å². The maximum atomic E-state index is 5.10. The predicted octanol–water partition coefficient (Wildman–Crippen LogP) is 1.94. The Morgan fingerprint density at radius 2 is 2.21 bits per heavy atom. The van der Waals surface area contributed by atoms with Gasteiger partial charge in [0.2, 0.25) is 0 Å². The van der Waals surface area contributed by atoms with Gasteiger partial charge in [-0.2, -0.15) is 5.10 Å². The number of aromatic nitrogens is 4. The Kier molecular flexibility index (Phi) is 4.46. The molecule has 6 heteroatoms. The van der Waals surface area contributed by atoms with Gasteiger partial charge in [-0.05, 0) is 18.9 Å². The second kappa shape index (κ2) is 6.29. The van der Waals surface area contributed by atoms with Crippen molar-refractivity contribution in [3.63, 3.8) is 0 Å². The lowest BCUT2D eigenvalue weighted by Gasteiger charge is -2.09. The summed E-state index contributed by atoms with van der Waals surface area (Å²) in [5, 5.41) is 7.53. The molecule has 6 nitrogen and oxygen atoms in total. The molecule has 2 rings (SSSR count). The molecule has 0 spiro atoms. The number of ether oxygens (including phenoxy) is 1. The molecule has 2 aromatic heterocycles. The van der Waals surface area contributed by atoms with E-state index in [1.165, 1.54) is 0 Å². The fourth-order valence-corrected chi connectivity index (χ4v) is 1.68. The Balaban J connectivity index is 2.33. The van der Waals surface area contributed by atoms with Gasteiger partial charge in [-0.3, -0.25) is 0 Å². The number of hydrogen-bond donors (Lipinski definition) is 1. The fourth-order valence-electron chi connectivity index (χ4n) is 1.68.